The molecule has 172 valence electrons. The van der Waals surface area contributed by atoms with Crippen molar-refractivity contribution in [1.29, 1.82) is 0 Å². The summed E-state index contributed by atoms with van der Waals surface area (Å²) in [4.78, 5) is 11.7. The minimum Gasteiger partial charge on any atom is -0.372 e. The Morgan fingerprint density at radius 2 is 1.91 bits per heavy atom. The molecular formula is C25H34FN5O. The average Bonchev–Trinajstić information content (AvgIpc) is 3.56. The zero-order chi connectivity index (χ0) is 22.6. The zero-order valence-electron chi connectivity index (χ0n) is 19.3. The second-order valence-electron chi connectivity index (χ2n) is 9.00. The summed E-state index contributed by atoms with van der Waals surface area (Å²) >= 11 is 0. The predicted octanol–water partition coefficient (Wildman–Crippen LogP) is 3.62. The van der Waals surface area contributed by atoms with Crippen LogP contribution in [-0.2, 0) is 16.7 Å². The quantitative estimate of drug-likeness (QED) is 0.510. The third-order valence-electron chi connectivity index (χ3n) is 6.21. The van der Waals surface area contributed by atoms with Crippen molar-refractivity contribution in [2.75, 3.05) is 31.1 Å². The van der Waals surface area contributed by atoms with Gasteiger partial charge in [-0.1, -0.05) is 24.3 Å². The van der Waals surface area contributed by atoms with Crippen molar-refractivity contribution in [1.82, 2.24) is 15.6 Å². The molecular weight excluding hydrogens is 405 g/mol. The van der Waals surface area contributed by atoms with Crippen LogP contribution in [0.4, 0.5) is 10.2 Å². The lowest BCUT2D eigenvalue weighted by Crippen LogP contribution is -2.45. The molecule has 0 amide bonds. The molecule has 2 atom stereocenters. The fourth-order valence-electron chi connectivity index (χ4n) is 4.41. The highest BCUT2D eigenvalue weighted by Crippen LogP contribution is 2.48. The van der Waals surface area contributed by atoms with E-state index in [0.29, 0.717) is 13.1 Å². The third-order valence-corrected chi connectivity index (χ3v) is 6.21. The first kappa shape index (κ1) is 22.5. The van der Waals surface area contributed by atoms with E-state index in [1.165, 1.54) is 0 Å². The third kappa shape index (κ3) is 5.38. The highest BCUT2D eigenvalue weighted by molar-refractivity contribution is 5.80. The summed E-state index contributed by atoms with van der Waals surface area (Å²) in [5.74, 6) is 1.60. The van der Waals surface area contributed by atoms with Crippen LogP contribution in [0.5, 0.6) is 0 Å². The van der Waals surface area contributed by atoms with Gasteiger partial charge in [0.2, 0.25) is 0 Å². The van der Waals surface area contributed by atoms with E-state index in [4.69, 9.17) is 9.73 Å². The van der Waals surface area contributed by atoms with Gasteiger partial charge in [-0.3, -0.25) is 0 Å². The van der Waals surface area contributed by atoms with E-state index in [0.717, 1.165) is 55.4 Å². The monoisotopic (exact) mass is 439 g/mol. The van der Waals surface area contributed by atoms with E-state index in [1.54, 1.807) is 12.1 Å². The van der Waals surface area contributed by atoms with Gasteiger partial charge in [0.15, 0.2) is 5.96 Å². The maximum absolute atomic E-state index is 14.3. The van der Waals surface area contributed by atoms with Gasteiger partial charge >= 0.3 is 0 Å². The highest BCUT2D eigenvalue weighted by Gasteiger charge is 2.45. The van der Waals surface area contributed by atoms with Crippen molar-refractivity contribution in [2.45, 2.75) is 57.8 Å². The predicted molar refractivity (Wildman–Crippen MR) is 127 cm³/mol. The van der Waals surface area contributed by atoms with Gasteiger partial charge in [0.05, 0.1) is 18.8 Å². The first-order chi connectivity index (χ1) is 15.5. The van der Waals surface area contributed by atoms with Gasteiger partial charge in [-0.25, -0.2) is 14.4 Å². The number of aliphatic imine (C=N–C) groups is 1. The van der Waals surface area contributed by atoms with Crippen LogP contribution in [0.15, 0.2) is 47.6 Å². The van der Waals surface area contributed by atoms with Crippen LogP contribution in [0.2, 0.25) is 0 Å². The molecule has 0 bridgehead atoms. The molecule has 32 heavy (non-hydrogen) atoms. The Morgan fingerprint density at radius 1 is 1.16 bits per heavy atom. The van der Waals surface area contributed by atoms with Gasteiger partial charge in [-0.15, -0.1) is 0 Å². The average molecular weight is 440 g/mol. The smallest absolute Gasteiger partial charge is 0.191 e. The summed E-state index contributed by atoms with van der Waals surface area (Å²) in [5.41, 5.74) is 1.72. The van der Waals surface area contributed by atoms with Crippen LogP contribution in [0.3, 0.4) is 0 Å². The van der Waals surface area contributed by atoms with E-state index in [9.17, 15) is 4.39 Å². The Bertz CT molecular complexity index is 918. The first-order valence-electron chi connectivity index (χ1n) is 11.6. The molecule has 2 heterocycles. The Kier molecular flexibility index (Phi) is 6.94. The molecule has 1 aromatic carbocycles. The lowest BCUT2D eigenvalue weighted by Gasteiger charge is -2.36. The number of anilines is 1. The Morgan fingerprint density at radius 3 is 2.53 bits per heavy atom. The number of nitrogens with zero attached hydrogens (tertiary/aromatic N) is 3. The molecule has 2 N–H and O–H groups in total. The lowest BCUT2D eigenvalue weighted by molar-refractivity contribution is -0.00545. The molecule has 2 fully saturated rings. The van der Waals surface area contributed by atoms with Gasteiger partial charge in [0.1, 0.15) is 11.6 Å². The van der Waals surface area contributed by atoms with Crippen molar-refractivity contribution >= 4 is 11.8 Å². The number of ether oxygens (including phenoxy) is 1. The summed E-state index contributed by atoms with van der Waals surface area (Å²) in [5, 5.41) is 6.72. The van der Waals surface area contributed by atoms with Gasteiger partial charge in [-0.05, 0) is 56.9 Å². The molecule has 1 aliphatic heterocycles. The first-order valence-corrected chi connectivity index (χ1v) is 11.6. The number of guanidine groups is 1. The summed E-state index contributed by atoms with van der Waals surface area (Å²) in [6.07, 6.45) is 4.29. The molecule has 0 spiro atoms. The Hall–Kier alpha value is -2.67. The van der Waals surface area contributed by atoms with Gasteiger partial charge in [0, 0.05) is 37.8 Å². The fraction of sp³-hybridized carbons (Fsp3) is 0.520. The number of halogens is 1. The van der Waals surface area contributed by atoms with Crippen molar-refractivity contribution in [3.8, 4) is 0 Å². The van der Waals surface area contributed by atoms with E-state index in [-0.39, 0.29) is 23.4 Å². The second kappa shape index (κ2) is 9.86. The van der Waals surface area contributed by atoms with Crippen LogP contribution in [0.25, 0.3) is 0 Å². The summed E-state index contributed by atoms with van der Waals surface area (Å²) < 4.78 is 20.1. The second-order valence-corrected chi connectivity index (χ2v) is 9.00. The van der Waals surface area contributed by atoms with Crippen LogP contribution in [0, 0.1) is 5.82 Å². The van der Waals surface area contributed by atoms with Crippen molar-refractivity contribution in [3.05, 3.63) is 59.5 Å². The molecule has 1 saturated heterocycles. The van der Waals surface area contributed by atoms with E-state index in [2.05, 4.69) is 46.5 Å². The van der Waals surface area contributed by atoms with Gasteiger partial charge < -0.3 is 20.3 Å². The summed E-state index contributed by atoms with van der Waals surface area (Å²) in [6, 6.07) is 11.2. The summed E-state index contributed by atoms with van der Waals surface area (Å²) in [7, 11) is 0. The molecule has 1 aliphatic carbocycles. The Labute approximate surface area is 190 Å². The fourth-order valence-corrected chi connectivity index (χ4v) is 4.41. The molecule has 0 radical (unpaired) electrons. The number of hydrogen-bond acceptors (Lipinski definition) is 4. The maximum atomic E-state index is 14.3. The zero-order valence-corrected chi connectivity index (χ0v) is 19.3. The molecule has 7 heteroatoms. The van der Waals surface area contributed by atoms with Crippen molar-refractivity contribution < 1.29 is 9.13 Å². The van der Waals surface area contributed by atoms with Crippen molar-refractivity contribution in [3.63, 3.8) is 0 Å². The molecule has 4 rings (SSSR count). The normalized spacial score (nSPS) is 22.5. The largest absolute Gasteiger partial charge is 0.372 e. The number of morpholine rings is 1. The van der Waals surface area contributed by atoms with E-state index in [1.807, 2.05) is 25.3 Å². The number of rotatable bonds is 7. The Balaban J connectivity index is 1.37. The highest BCUT2D eigenvalue weighted by atomic mass is 19.1. The van der Waals surface area contributed by atoms with Gasteiger partial charge in [-0.2, -0.15) is 0 Å². The van der Waals surface area contributed by atoms with Gasteiger partial charge in [0.25, 0.3) is 0 Å². The molecule has 2 unspecified atom stereocenters. The topological polar surface area (TPSA) is 61.8 Å². The summed E-state index contributed by atoms with van der Waals surface area (Å²) in [6.45, 7) is 9.92. The molecule has 2 aromatic rings. The number of pyridine rings is 1. The number of hydrogen-bond donors (Lipinski definition) is 2. The molecule has 1 saturated carbocycles. The van der Waals surface area contributed by atoms with Crippen LogP contribution < -0.4 is 15.5 Å². The van der Waals surface area contributed by atoms with E-state index >= 15 is 0 Å². The molecule has 2 aliphatic rings. The number of aromatic nitrogens is 1. The van der Waals surface area contributed by atoms with Crippen molar-refractivity contribution in [2.24, 2.45) is 4.99 Å². The molecule has 1 aromatic heterocycles. The minimum atomic E-state index is -0.128. The number of nitrogens with one attached hydrogen (secondary N) is 2. The van der Waals surface area contributed by atoms with Crippen LogP contribution in [0.1, 0.15) is 44.7 Å². The SMILES string of the molecule is CCNC(=NCc1ccc(N2CC(C)OC(C)C2)nc1)NCC1(c2ccccc2F)CC1. The number of benzene rings is 1. The van der Waals surface area contributed by atoms with E-state index < -0.39 is 0 Å². The van der Waals surface area contributed by atoms with Crippen LogP contribution in [-0.4, -0.2) is 49.3 Å². The standard InChI is InChI=1S/C25H34FN5O/c1-4-27-24(30-17-25(11-12-25)21-7-5-6-8-22(21)26)29-14-20-9-10-23(28-13-20)31-15-18(2)32-19(3)16-31/h5-10,13,18-19H,4,11-12,14-17H2,1-3H3,(H2,27,29,30). The van der Waals surface area contributed by atoms with Crippen LogP contribution >= 0.6 is 0 Å². The molecule has 6 nitrogen and oxygen atoms in total. The maximum Gasteiger partial charge on any atom is 0.191 e. The minimum absolute atomic E-state index is 0.121. The lowest BCUT2D eigenvalue weighted by atomic mass is 9.95.